The molecule has 0 saturated carbocycles. The smallest absolute Gasteiger partial charge is 0.242 e. The maximum Gasteiger partial charge on any atom is 0.242 e. The van der Waals surface area contributed by atoms with Crippen LogP contribution in [0.1, 0.15) is 25.0 Å². The predicted octanol–water partition coefficient (Wildman–Crippen LogP) is 2.46. The van der Waals surface area contributed by atoms with E-state index in [-0.39, 0.29) is 41.3 Å². The standard InChI is InChI=1S/C23H26ClN5O4S/c24-18-14-26-19-4-1-5-21(22(18)19)34(32,33)27-20(8-12-28-9-2-3-17(28)13-25)23(31)29-10-6-16(15-30)7-11-29/h1-5,9,14,16,20,26-27,30H,6-8,10-12,15H2. The Labute approximate surface area is 203 Å². The van der Waals surface area contributed by atoms with Crippen LogP contribution in [0.3, 0.4) is 0 Å². The highest BCUT2D eigenvalue weighted by molar-refractivity contribution is 7.89. The fourth-order valence-corrected chi connectivity index (χ4v) is 6.13. The second-order valence-corrected chi connectivity index (χ2v) is 10.5. The lowest BCUT2D eigenvalue weighted by atomic mass is 9.97. The van der Waals surface area contributed by atoms with Crippen LogP contribution in [-0.2, 0) is 21.4 Å². The number of nitrogens with one attached hydrogen (secondary N) is 2. The van der Waals surface area contributed by atoms with Crippen molar-refractivity contribution in [3.05, 3.63) is 53.4 Å². The van der Waals surface area contributed by atoms with E-state index in [0.29, 0.717) is 42.5 Å². The largest absolute Gasteiger partial charge is 0.396 e. The summed E-state index contributed by atoms with van der Waals surface area (Å²) in [4.78, 5) is 18.0. The third kappa shape index (κ3) is 4.98. The molecular weight excluding hydrogens is 478 g/mol. The highest BCUT2D eigenvalue weighted by atomic mass is 35.5. The normalized spacial score (nSPS) is 16.0. The number of carbonyl (C=O) groups is 1. The summed E-state index contributed by atoms with van der Waals surface area (Å²) in [5.41, 5.74) is 1.01. The summed E-state index contributed by atoms with van der Waals surface area (Å²) in [7, 11) is -4.10. The van der Waals surface area contributed by atoms with Gasteiger partial charge < -0.3 is 19.6 Å². The van der Waals surface area contributed by atoms with Gasteiger partial charge in [0.15, 0.2) is 0 Å². The molecule has 0 spiro atoms. The van der Waals surface area contributed by atoms with E-state index >= 15 is 0 Å². The fraction of sp³-hybridized carbons (Fsp3) is 0.391. The maximum absolute atomic E-state index is 13.4. The Balaban J connectivity index is 1.61. The van der Waals surface area contributed by atoms with Gasteiger partial charge in [0.2, 0.25) is 15.9 Å². The third-order valence-electron chi connectivity index (χ3n) is 6.29. The first-order chi connectivity index (χ1) is 16.3. The van der Waals surface area contributed by atoms with Crippen LogP contribution in [0.25, 0.3) is 10.9 Å². The Morgan fingerprint density at radius 1 is 1.29 bits per heavy atom. The van der Waals surface area contributed by atoms with Crippen LogP contribution < -0.4 is 4.72 Å². The summed E-state index contributed by atoms with van der Waals surface area (Å²) in [6, 6.07) is 9.24. The number of nitrogens with zero attached hydrogens (tertiary/aromatic N) is 3. The maximum atomic E-state index is 13.4. The fourth-order valence-electron chi connectivity index (χ4n) is 4.35. The first-order valence-electron chi connectivity index (χ1n) is 11.1. The van der Waals surface area contributed by atoms with Crippen molar-refractivity contribution in [1.29, 1.82) is 5.26 Å². The molecule has 1 unspecified atom stereocenters. The van der Waals surface area contributed by atoms with Crippen LogP contribution in [0.5, 0.6) is 0 Å². The second-order valence-electron chi connectivity index (χ2n) is 8.43. The second kappa shape index (κ2) is 10.2. The third-order valence-corrected chi connectivity index (χ3v) is 8.10. The zero-order chi connectivity index (χ0) is 24.3. The summed E-state index contributed by atoms with van der Waals surface area (Å²) in [6.07, 6.45) is 4.74. The van der Waals surface area contributed by atoms with Crippen LogP contribution in [0.4, 0.5) is 0 Å². The van der Waals surface area contributed by atoms with Crippen molar-refractivity contribution >= 4 is 38.4 Å². The summed E-state index contributed by atoms with van der Waals surface area (Å²) in [5.74, 6) is -0.177. The molecule has 3 heterocycles. The first-order valence-corrected chi connectivity index (χ1v) is 12.9. The van der Waals surface area contributed by atoms with Crippen LogP contribution in [0.2, 0.25) is 5.02 Å². The number of carbonyl (C=O) groups excluding carboxylic acids is 1. The van der Waals surface area contributed by atoms with Crippen molar-refractivity contribution in [2.45, 2.75) is 36.7 Å². The molecule has 1 fully saturated rings. The molecule has 11 heteroatoms. The number of nitriles is 1. The zero-order valence-corrected chi connectivity index (χ0v) is 20.0. The van der Waals surface area contributed by atoms with Gasteiger partial charge >= 0.3 is 0 Å². The van der Waals surface area contributed by atoms with Gasteiger partial charge in [-0.1, -0.05) is 17.7 Å². The Morgan fingerprint density at radius 2 is 2.06 bits per heavy atom. The van der Waals surface area contributed by atoms with Gasteiger partial charge in [-0.15, -0.1) is 0 Å². The number of rotatable bonds is 8. The number of piperidine rings is 1. The first kappa shape index (κ1) is 24.3. The van der Waals surface area contributed by atoms with Gasteiger partial charge in [-0.25, -0.2) is 8.42 Å². The van der Waals surface area contributed by atoms with E-state index in [4.69, 9.17) is 11.6 Å². The van der Waals surface area contributed by atoms with Crippen molar-refractivity contribution in [2.75, 3.05) is 19.7 Å². The number of aliphatic hydroxyl groups is 1. The molecular formula is C23H26ClN5O4S. The van der Waals surface area contributed by atoms with E-state index in [0.717, 1.165) is 0 Å². The van der Waals surface area contributed by atoms with Gasteiger partial charge in [0.1, 0.15) is 17.8 Å². The minimum absolute atomic E-state index is 0.00767. The lowest BCUT2D eigenvalue weighted by Crippen LogP contribution is -2.51. The van der Waals surface area contributed by atoms with Crippen molar-refractivity contribution in [3.63, 3.8) is 0 Å². The molecule has 3 aromatic rings. The number of H-pyrrole nitrogens is 1. The van der Waals surface area contributed by atoms with E-state index in [1.165, 1.54) is 12.3 Å². The molecule has 0 bridgehead atoms. The number of likely N-dealkylation sites (tertiary alicyclic amines) is 1. The average molecular weight is 504 g/mol. The van der Waals surface area contributed by atoms with Crippen LogP contribution in [0, 0.1) is 17.2 Å². The molecule has 3 N–H and O–H groups in total. The number of fused-ring (bicyclic) bond motifs is 1. The monoisotopic (exact) mass is 503 g/mol. The molecule has 0 radical (unpaired) electrons. The Kier molecular flexibility index (Phi) is 7.28. The number of benzene rings is 1. The minimum atomic E-state index is -4.10. The lowest BCUT2D eigenvalue weighted by molar-refractivity contribution is -0.134. The molecule has 2 aromatic heterocycles. The number of aryl methyl sites for hydroxylation is 1. The van der Waals surface area contributed by atoms with Crippen molar-refractivity contribution in [3.8, 4) is 6.07 Å². The van der Waals surface area contributed by atoms with Gasteiger partial charge in [0.25, 0.3) is 0 Å². The Bertz CT molecular complexity index is 1320. The highest BCUT2D eigenvalue weighted by Crippen LogP contribution is 2.30. The van der Waals surface area contributed by atoms with E-state index in [2.05, 4.69) is 15.8 Å². The molecule has 1 aliphatic heterocycles. The van der Waals surface area contributed by atoms with Crippen molar-refractivity contribution in [1.82, 2.24) is 19.2 Å². The number of aliphatic hydroxyl groups excluding tert-OH is 1. The van der Waals surface area contributed by atoms with Crippen molar-refractivity contribution < 1.29 is 18.3 Å². The van der Waals surface area contributed by atoms with Crippen LogP contribution in [0.15, 0.2) is 47.6 Å². The van der Waals surface area contributed by atoms with Gasteiger partial charge in [0, 0.05) is 49.5 Å². The summed E-state index contributed by atoms with van der Waals surface area (Å²) >= 11 is 6.24. The number of hydrogen-bond acceptors (Lipinski definition) is 5. The van der Waals surface area contributed by atoms with Gasteiger partial charge in [-0.05, 0) is 49.4 Å². The van der Waals surface area contributed by atoms with E-state index in [1.54, 1.807) is 39.9 Å². The summed E-state index contributed by atoms with van der Waals surface area (Å²) in [6.45, 7) is 1.27. The van der Waals surface area contributed by atoms with Gasteiger partial charge in [-0.3, -0.25) is 4.79 Å². The average Bonchev–Trinajstić information content (AvgIpc) is 3.47. The van der Waals surface area contributed by atoms with E-state index in [9.17, 15) is 23.6 Å². The molecule has 9 nitrogen and oxygen atoms in total. The molecule has 1 saturated heterocycles. The predicted molar refractivity (Wildman–Crippen MR) is 128 cm³/mol. The zero-order valence-electron chi connectivity index (χ0n) is 18.4. The molecule has 180 valence electrons. The quantitative estimate of drug-likeness (QED) is 0.434. The van der Waals surface area contributed by atoms with Crippen molar-refractivity contribution in [2.24, 2.45) is 5.92 Å². The topological polar surface area (TPSA) is 131 Å². The molecule has 1 aromatic carbocycles. The van der Waals surface area contributed by atoms with Gasteiger partial charge in [0.05, 0.1) is 9.92 Å². The molecule has 1 atom stereocenters. The summed E-state index contributed by atoms with van der Waals surface area (Å²) in [5, 5.41) is 19.3. The molecule has 1 amide bonds. The Hall–Kier alpha value is -2.84. The van der Waals surface area contributed by atoms with E-state index < -0.39 is 16.1 Å². The van der Waals surface area contributed by atoms with Crippen LogP contribution in [-0.4, -0.2) is 59.6 Å². The SMILES string of the molecule is N#Cc1cccn1CCC(NS(=O)(=O)c1cccc2[nH]cc(Cl)c12)C(=O)N1CCC(CO)CC1. The van der Waals surface area contributed by atoms with E-state index in [1.807, 2.05) is 0 Å². The number of halogens is 1. The lowest BCUT2D eigenvalue weighted by Gasteiger charge is -2.34. The summed E-state index contributed by atoms with van der Waals surface area (Å²) < 4.78 is 31.2. The number of amides is 1. The molecule has 0 aliphatic carbocycles. The number of hydrogen-bond donors (Lipinski definition) is 3. The molecule has 4 rings (SSSR count). The minimum Gasteiger partial charge on any atom is -0.396 e. The number of aromatic amines is 1. The molecule has 1 aliphatic rings. The van der Waals surface area contributed by atoms with Gasteiger partial charge in [-0.2, -0.15) is 9.98 Å². The highest BCUT2D eigenvalue weighted by Gasteiger charge is 2.32. The number of sulfonamides is 1. The Morgan fingerprint density at radius 3 is 2.76 bits per heavy atom. The number of aromatic nitrogens is 2. The molecule has 34 heavy (non-hydrogen) atoms. The van der Waals surface area contributed by atoms with Crippen LogP contribution >= 0.6 is 11.6 Å².